The molecule has 1 aromatic rings. The number of nitrogens with one attached hydrogen (secondary N) is 1. The van der Waals surface area contributed by atoms with E-state index in [1.807, 2.05) is 0 Å². The second kappa shape index (κ2) is 4.60. The number of hydrogen-bond acceptors (Lipinski definition) is 3. The Morgan fingerprint density at radius 3 is 3.21 bits per heavy atom. The minimum absolute atomic E-state index is 0.689. The summed E-state index contributed by atoms with van der Waals surface area (Å²) < 4.78 is 4.79. The van der Waals surface area contributed by atoms with Gasteiger partial charge in [0.2, 0.25) is 0 Å². The highest BCUT2D eigenvalue weighted by molar-refractivity contribution is 4.99. The van der Waals surface area contributed by atoms with E-state index in [1.165, 1.54) is 25.7 Å². The Hall–Kier alpha value is -0.830. The summed E-state index contributed by atoms with van der Waals surface area (Å²) in [6.07, 6.45) is 8.87. The number of hydrogen-bond donors (Lipinski definition) is 1. The van der Waals surface area contributed by atoms with Gasteiger partial charge in [-0.3, -0.25) is 0 Å². The maximum absolute atomic E-state index is 4.79. The third-order valence-corrected chi connectivity index (χ3v) is 3.01. The molecule has 0 amide bonds. The van der Waals surface area contributed by atoms with Crippen LogP contribution in [0.4, 0.5) is 0 Å². The predicted molar refractivity (Wildman–Crippen MR) is 54.8 cm³/mol. The van der Waals surface area contributed by atoms with Crippen LogP contribution in [-0.4, -0.2) is 11.2 Å². The molecule has 0 aliphatic heterocycles. The Morgan fingerprint density at radius 2 is 2.50 bits per heavy atom. The maximum atomic E-state index is 4.79. The first-order valence-electron chi connectivity index (χ1n) is 5.46. The topological polar surface area (TPSA) is 38.1 Å². The molecule has 1 aliphatic carbocycles. The summed E-state index contributed by atoms with van der Waals surface area (Å²) >= 11 is 0. The van der Waals surface area contributed by atoms with Crippen molar-refractivity contribution < 1.29 is 4.52 Å². The van der Waals surface area contributed by atoms with E-state index in [-0.39, 0.29) is 0 Å². The lowest BCUT2D eigenvalue weighted by atomic mass is 9.87. The molecule has 0 radical (unpaired) electrons. The lowest BCUT2D eigenvalue weighted by Crippen LogP contribution is -2.32. The van der Waals surface area contributed by atoms with Gasteiger partial charge in [-0.1, -0.05) is 24.9 Å². The van der Waals surface area contributed by atoms with E-state index in [0.29, 0.717) is 6.04 Å². The van der Waals surface area contributed by atoms with Crippen LogP contribution in [0.1, 0.15) is 38.2 Å². The third kappa shape index (κ3) is 2.58. The smallest absolute Gasteiger partial charge is 0.128 e. The molecule has 2 rings (SSSR count). The molecular weight excluding hydrogens is 176 g/mol. The summed E-state index contributed by atoms with van der Waals surface area (Å²) in [6.45, 7) is 3.23. The largest absolute Gasteiger partial charge is 0.364 e. The van der Waals surface area contributed by atoms with Gasteiger partial charge in [0, 0.05) is 18.2 Å². The van der Waals surface area contributed by atoms with Gasteiger partial charge in [0.1, 0.15) is 6.26 Å². The van der Waals surface area contributed by atoms with Gasteiger partial charge < -0.3 is 9.84 Å². The normalized spacial score (nSPS) is 27.8. The SMILES string of the molecule is CC1CCCC(NCc2cnoc2)C1. The van der Waals surface area contributed by atoms with E-state index < -0.39 is 0 Å². The van der Waals surface area contributed by atoms with Gasteiger partial charge in [-0.25, -0.2) is 0 Å². The molecule has 0 bridgehead atoms. The van der Waals surface area contributed by atoms with E-state index in [1.54, 1.807) is 12.5 Å². The second-order valence-corrected chi connectivity index (χ2v) is 4.38. The fraction of sp³-hybridized carbons (Fsp3) is 0.727. The Morgan fingerprint density at radius 1 is 1.57 bits per heavy atom. The fourth-order valence-electron chi connectivity index (χ4n) is 2.20. The van der Waals surface area contributed by atoms with Crippen molar-refractivity contribution in [1.82, 2.24) is 10.5 Å². The molecule has 78 valence electrons. The molecule has 0 aromatic carbocycles. The average Bonchev–Trinajstić information content (AvgIpc) is 2.67. The second-order valence-electron chi connectivity index (χ2n) is 4.38. The summed E-state index contributed by atoms with van der Waals surface area (Å²) in [6, 6.07) is 0.689. The van der Waals surface area contributed by atoms with Crippen molar-refractivity contribution in [2.75, 3.05) is 0 Å². The molecule has 1 aromatic heterocycles. The zero-order chi connectivity index (χ0) is 9.80. The minimum atomic E-state index is 0.689. The van der Waals surface area contributed by atoms with E-state index in [9.17, 15) is 0 Å². The zero-order valence-corrected chi connectivity index (χ0v) is 8.70. The molecule has 3 heteroatoms. The number of rotatable bonds is 3. The summed E-state index contributed by atoms with van der Waals surface area (Å²) in [5.74, 6) is 0.878. The van der Waals surface area contributed by atoms with Crippen molar-refractivity contribution in [2.24, 2.45) is 5.92 Å². The Balaban J connectivity index is 1.75. The molecule has 3 nitrogen and oxygen atoms in total. The summed E-state index contributed by atoms with van der Waals surface area (Å²) in [7, 11) is 0. The standard InChI is InChI=1S/C11H18N2O/c1-9-3-2-4-11(5-9)12-6-10-7-13-14-8-10/h7-9,11-12H,2-6H2,1H3. The lowest BCUT2D eigenvalue weighted by Gasteiger charge is -2.27. The van der Waals surface area contributed by atoms with Gasteiger partial charge >= 0.3 is 0 Å². The molecule has 1 saturated carbocycles. The van der Waals surface area contributed by atoms with E-state index in [0.717, 1.165) is 18.0 Å². The highest BCUT2D eigenvalue weighted by Gasteiger charge is 2.17. The first kappa shape index (κ1) is 9.71. The van der Waals surface area contributed by atoms with Crippen LogP contribution < -0.4 is 5.32 Å². The van der Waals surface area contributed by atoms with E-state index in [2.05, 4.69) is 17.4 Å². The zero-order valence-electron chi connectivity index (χ0n) is 8.70. The van der Waals surface area contributed by atoms with Crippen molar-refractivity contribution in [3.63, 3.8) is 0 Å². The minimum Gasteiger partial charge on any atom is -0.364 e. The average molecular weight is 194 g/mol. The van der Waals surface area contributed by atoms with Crippen molar-refractivity contribution in [3.05, 3.63) is 18.0 Å². The van der Waals surface area contributed by atoms with Gasteiger partial charge in [0.05, 0.1) is 6.20 Å². The molecule has 2 unspecified atom stereocenters. The maximum Gasteiger partial charge on any atom is 0.128 e. The van der Waals surface area contributed by atoms with Gasteiger partial charge in [0.25, 0.3) is 0 Å². The van der Waals surface area contributed by atoms with Crippen molar-refractivity contribution in [3.8, 4) is 0 Å². The van der Waals surface area contributed by atoms with Gasteiger partial charge in [-0.15, -0.1) is 0 Å². The number of nitrogens with zero attached hydrogens (tertiary/aromatic N) is 1. The fourth-order valence-corrected chi connectivity index (χ4v) is 2.20. The van der Waals surface area contributed by atoms with Crippen molar-refractivity contribution in [2.45, 2.75) is 45.2 Å². The van der Waals surface area contributed by atoms with E-state index >= 15 is 0 Å². The van der Waals surface area contributed by atoms with Crippen LogP contribution >= 0.6 is 0 Å². The highest BCUT2D eigenvalue weighted by Crippen LogP contribution is 2.23. The van der Waals surface area contributed by atoms with Gasteiger partial charge in [0.15, 0.2) is 0 Å². The first-order chi connectivity index (χ1) is 6.84. The molecule has 0 saturated heterocycles. The third-order valence-electron chi connectivity index (χ3n) is 3.01. The predicted octanol–water partition coefficient (Wildman–Crippen LogP) is 2.34. The molecule has 0 spiro atoms. The summed E-state index contributed by atoms with van der Waals surface area (Å²) in [5, 5.41) is 7.24. The quantitative estimate of drug-likeness (QED) is 0.802. The Bertz CT molecular complexity index is 258. The molecule has 14 heavy (non-hydrogen) atoms. The first-order valence-corrected chi connectivity index (χ1v) is 5.46. The van der Waals surface area contributed by atoms with Gasteiger partial charge in [-0.05, 0) is 18.8 Å². The Kier molecular flexibility index (Phi) is 3.19. The molecular formula is C11H18N2O. The molecule has 1 fully saturated rings. The Labute approximate surface area is 84.9 Å². The van der Waals surface area contributed by atoms with Crippen LogP contribution in [0, 0.1) is 5.92 Å². The monoisotopic (exact) mass is 194 g/mol. The lowest BCUT2D eigenvalue weighted by molar-refractivity contribution is 0.300. The molecule has 1 aliphatic rings. The van der Waals surface area contributed by atoms with Crippen molar-refractivity contribution in [1.29, 1.82) is 0 Å². The van der Waals surface area contributed by atoms with Crippen LogP contribution in [0.25, 0.3) is 0 Å². The van der Waals surface area contributed by atoms with Crippen LogP contribution in [0.5, 0.6) is 0 Å². The van der Waals surface area contributed by atoms with Gasteiger partial charge in [-0.2, -0.15) is 0 Å². The van der Waals surface area contributed by atoms with Crippen LogP contribution in [0.3, 0.4) is 0 Å². The molecule has 1 heterocycles. The number of aromatic nitrogens is 1. The van der Waals surface area contributed by atoms with Crippen molar-refractivity contribution >= 4 is 0 Å². The highest BCUT2D eigenvalue weighted by atomic mass is 16.5. The van der Waals surface area contributed by atoms with Crippen LogP contribution in [0.15, 0.2) is 17.0 Å². The summed E-state index contributed by atoms with van der Waals surface area (Å²) in [4.78, 5) is 0. The molecule has 1 N–H and O–H groups in total. The van der Waals surface area contributed by atoms with Crippen LogP contribution in [-0.2, 0) is 6.54 Å². The van der Waals surface area contributed by atoms with Crippen LogP contribution in [0.2, 0.25) is 0 Å². The summed E-state index contributed by atoms with van der Waals surface area (Å²) in [5.41, 5.74) is 1.14. The van der Waals surface area contributed by atoms with E-state index in [4.69, 9.17) is 4.52 Å². The molecule has 2 atom stereocenters.